The van der Waals surface area contributed by atoms with E-state index < -0.39 is 20.9 Å². The van der Waals surface area contributed by atoms with Gasteiger partial charge in [0.15, 0.2) is 0 Å². The Morgan fingerprint density at radius 3 is 2.16 bits per heavy atom. The molecule has 10 nitrogen and oxygen atoms in total. The van der Waals surface area contributed by atoms with Crippen LogP contribution in [0.5, 0.6) is 0 Å². The summed E-state index contributed by atoms with van der Waals surface area (Å²) < 4.78 is 28.5. The van der Waals surface area contributed by atoms with E-state index >= 15 is 0 Å². The Kier molecular flexibility index (Phi) is 11.9. The van der Waals surface area contributed by atoms with Crippen molar-refractivity contribution in [2.24, 2.45) is 29.1 Å². The molecule has 4 fully saturated rings. The van der Waals surface area contributed by atoms with E-state index in [0.717, 1.165) is 60.4 Å². The highest BCUT2D eigenvalue weighted by atomic mass is 32.2. The van der Waals surface area contributed by atoms with E-state index in [2.05, 4.69) is 47.8 Å². The summed E-state index contributed by atoms with van der Waals surface area (Å²) in [5.74, 6) is 1.44. The standard InChI is InChI=1S/C46H54N4O6S/c1-31-40-26-38(46(40,2)3)27-42(31)49(44(51)25-16-32-10-6-4-7-11-32)30-34-14-17-35(18-15-34)36-19-21-37(22-20-36)45(52)48-57(55,56)39-23-24-41(43(28-39)50(53)54)47-29-33-12-8-5-9-13-33/h4,6-7,10-11,14-15,17-24,28,31,33,38,40,42,47H,5,8-9,12-13,16,25-27,29-30H2,1-3H3,(H,48,52)/t31-,38+,40-,42-/m0/s1. The van der Waals surface area contributed by atoms with E-state index in [-0.39, 0.29) is 33.8 Å². The van der Waals surface area contributed by atoms with Crippen molar-refractivity contribution < 1.29 is 22.9 Å². The third-order valence-electron chi connectivity index (χ3n) is 13.3. The maximum absolute atomic E-state index is 13.9. The number of nitrogens with zero attached hydrogens (tertiary/aromatic N) is 2. The van der Waals surface area contributed by atoms with Crippen molar-refractivity contribution in [1.82, 2.24) is 9.62 Å². The molecule has 57 heavy (non-hydrogen) atoms. The van der Waals surface area contributed by atoms with Gasteiger partial charge in [0.2, 0.25) is 5.91 Å². The van der Waals surface area contributed by atoms with Crippen molar-refractivity contribution in [1.29, 1.82) is 0 Å². The number of amides is 2. The van der Waals surface area contributed by atoms with Crippen molar-refractivity contribution >= 4 is 33.2 Å². The number of rotatable bonds is 14. The number of hydrogen-bond donors (Lipinski definition) is 2. The highest BCUT2D eigenvalue weighted by molar-refractivity contribution is 7.90. The quantitative estimate of drug-likeness (QED) is 0.0959. The highest BCUT2D eigenvalue weighted by Gasteiger charge is 2.57. The van der Waals surface area contributed by atoms with Gasteiger partial charge in [-0.1, -0.05) is 107 Å². The second-order valence-corrected chi connectivity index (χ2v) is 18.7. The van der Waals surface area contributed by atoms with Gasteiger partial charge in [-0.25, -0.2) is 13.1 Å². The molecule has 11 heteroatoms. The molecule has 0 radical (unpaired) electrons. The van der Waals surface area contributed by atoms with Crippen LogP contribution >= 0.6 is 0 Å². The number of nitro groups is 1. The van der Waals surface area contributed by atoms with Crippen LogP contribution in [0.4, 0.5) is 11.4 Å². The van der Waals surface area contributed by atoms with Crippen LogP contribution < -0.4 is 10.0 Å². The van der Waals surface area contributed by atoms with Crippen molar-refractivity contribution in [2.45, 2.75) is 96.0 Å². The van der Waals surface area contributed by atoms with Crippen molar-refractivity contribution in [3.63, 3.8) is 0 Å². The summed E-state index contributed by atoms with van der Waals surface area (Å²) in [6.07, 6.45) is 9.06. The van der Waals surface area contributed by atoms with Crippen LogP contribution in [0.2, 0.25) is 0 Å². The lowest BCUT2D eigenvalue weighted by molar-refractivity contribution is -0.384. The lowest BCUT2D eigenvalue weighted by Crippen LogP contribution is -2.61. The number of carbonyl (C=O) groups excluding carboxylic acids is 2. The summed E-state index contributed by atoms with van der Waals surface area (Å²) >= 11 is 0. The SMILES string of the molecule is C[C@@H]1[C@@H](N(Cc2ccc(-c3ccc(C(=O)NS(=O)(=O)c4ccc(NCC5CCCCC5)c([N+](=O)[O-])c4)cc3)cc2)C(=O)CCc2ccccc2)C[C@H]2C[C@@H]1C2(C)C. The predicted octanol–water partition coefficient (Wildman–Crippen LogP) is 9.40. The van der Waals surface area contributed by atoms with Crippen LogP contribution in [0.3, 0.4) is 0 Å². The molecule has 4 aromatic rings. The third-order valence-corrected chi connectivity index (χ3v) is 14.6. The summed E-state index contributed by atoms with van der Waals surface area (Å²) in [6.45, 7) is 8.21. The zero-order valence-electron chi connectivity index (χ0n) is 33.2. The molecule has 0 unspecified atom stereocenters. The average molecular weight is 791 g/mol. The van der Waals surface area contributed by atoms with Gasteiger partial charge in [0, 0.05) is 37.2 Å². The van der Waals surface area contributed by atoms with Crippen LogP contribution in [-0.2, 0) is 27.8 Å². The molecule has 2 N–H and O–H groups in total. The number of benzene rings is 4. The topological polar surface area (TPSA) is 139 Å². The Morgan fingerprint density at radius 1 is 0.860 bits per heavy atom. The first-order chi connectivity index (χ1) is 27.3. The van der Waals surface area contributed by atoms with E-state index in [0.29, 0.717) is 55.0 Å². The second kappa shape index (κ2) is 16.8. The minimum atomic E-state index is -4.40. The number of sulfonamides is 1. The number of nitro benzene ring substituents is 1. The van der Waals surface area contributed by atoms with E-state index in [1.807, 2.05) is 42.5 Å². The summed E-state index contributed by atoms with van der Waals surface area (Å²) in [5, 5.41) is 15.0. The average Bonchev–Trinajstić information content (AvgIpc) is 3.22. The van der Waals surface area contributed by atoms with Gasteiger partial charge >= 0.3 is 0 Å². The van der Waals surface area contributed by atoms with Crippen LogP contribution in [-0.4, -0.2) is 42.6 Å². The number of fused-ring (bicyclic) bond motifs is 2. The Balaban J connectivity index is 0.998. The first kappa shape index (κ1) is 40.2. The fourth-order valence-corrected chi connectivity index (χ4v) is 10.6. The van der Waals surface area contributed by atoms with Gasteiger partial charge in [-0.2, -0.15) is 0 Å². The zero-order chi connectivity index (χ0) is 40.3. The Bertz CT molecular complexity index is 2180. The highest BCUT2D eigenvalue weighted by Crippen LogP contribution is 2.62. The van der Waals surface area contributed by atoms with Gasteiger partial charge in [0.1, 0.15) is 5.69 Å². The van der Waals surface area contributed by atoms with Gasteiger partial charge in [-0.05, 0) is 108 Å². The maximum atomic E-state index is 13.9. The largest absolute Gasteiger partial charge is 0.379 e. The molecular formula is C46H54N4O6S. The summed E-state index contributed by atoms with van der Waals surface area (Å²) in [6, 6.07) is 28.8. The second-order valence-electron chi connectivity index (χ2n) is 17.1. The van der Waals surface area contributed by atoms with Gasteiger partial charge in [-0.15, -0.1) is 0 Å². The normalized spacial score (nSPS) is 21.5. The molecule has 4 aliphatic rings. The van der Waals surface area contributed by atoms with Gasteiger partial charge < -0.3 is 10.2 Å². The van der Waals surface area contributed by atoms with E-state index in [9.17, 15) is 28.1 Å². The minimum Gasteiger partial charge on any atom is -0.379 e. The van der Waals surface area contributed by atoms with Crippen molar-refractivity contribution in [3.05, 3.63) is 124 Å². The van der Waals surface area contributed by atoms with Crippen LogP contribution in [0, 0.1) is 39.2 Å². The Hall–Kier alpha value is -5.03. The monoisotopic (exact) mass is 790 g/mol. The summed E-state index contributed by atoms with van der Waals surface area (Å²) in [7, 11) is -4.40. The number of carbonyl (C=O) groups is 2. The molecule has 4 aromatic carbocycles. The fourth-order valence-electron chi connectivity index (χ4n) is 9.64. The van der Waals surface area contributed by atoms with E-state index in [4.69, 9.17) is 0 Å². The molecule has 2 amide bonds. The molecule has 0 saturated heterocycles. The Labute approximate surface area is 336 Å². The molecule has 0 heterocycles. The molecule has 0 aliphatic heterocycles. The predicted molar refractivity (Wildman–Crippen MR) is 223 cm³/mol. The lowest BCUT2D eigenvalue weighted by Gasteiger charge is -2.63. The minimum absolute atomic E-state index is 0.131. The van der Waals surface area contributed by atoms with Crippen LogP contribution in [0.25, 0.3) is 11.1 Å². The first-order valence-electron chi connectivity index (χ1n) is 20.4. The van der Waals surface area contributed by atoms with Crippen molar-refractivity contribution in [2.75, 3.05) is 11.9 Å². The van der Waals surface area contributed by atoms with E-state index in [1.54, 1.807) is 24.3 Å². The number of nitrogens with one attached hydrogen (secondary N) is 2. The van der Waals surface area contributed by atoms with Crippen molar-refractivity contribution in [3.8, 4) is 11.1 Å². The lowest BCUT2D eigenvalue weighted by atomic mass is 9.44. The number of hydrogen-bond acceptors (Lipinski definition) is 7. The first-order valence-corrected chi connectivity index (χ1v) is 21.9. The summed E-state index contributed by atoms with van der Waals surface area (Å²) in [4.78, 5) is 40.1. The third kappa shape index (κ3) is 8.93. The smallest absolute Gasteiger partial charge is 0.293 e. The molecular weight excluding hydrogens is 737 g/mol. The van der Waals surface area contributed by atoms with Gasteiger partial charge in [0.25, 0.3) is 21.6 Å². The molecule has 0 aromatic heterocycles. The maximum Gasteiger partial charge on any atom is 0.293 e. The molecule has 4 atom stereocenters. The van der Waals surface area contributed by atoms with Gasteiger partial charge in [-0.3, -0.25) is 19.7 Å². The number of anilines is 1. The molecule has 8 rings (SSSR count). The molecule has 0 spiro atoms. The van der Waals surface area contributed by atoms with Crippen LogP contribution in [0.15, 0.2) is 102 Å². The molecule has 2 bridgehead atoms. The number of aryl methyl sites for hydroxylation is 1. The fraction of sp³-hybridized carbons (Fsp3) is 0.435. The van der Waals surface area contributed by atoms with Crippen LogP contribution in [0.1, 0.15) is 93.6 Å². The molecule has 4 aliphatic carbocycles. The van der Waals surface area contributed by atoms with E-state index in [1.165, 1.54) is 25.0 Å². The summed E-state index contributed by atoms with van der Waals surface area (Å²) in [5.41, 5.74) is 4.31. The zero-order valence-corrected chi connectivity index (χ0v) is 34.0. The molecule has 4 saturated carbocycles. The molecule has 300 valence electrons. The Morgan fingerprint density at radius 2 is 1.53 bits per heavy atom. The van der Waals surface area contributed by atoms with Gasteiger partial charge in [0.05, 0.1) is 9.82 Å².